The van der Waals surface area contributed by atoms with Crippen molar-refractivity contribution in [1.29, 1.82) is 0 Å². The highest BCUT2D eigenvalue weighted by Gasteiger charge is 2.08. The quantitative estimate of drug-likeness (QED) is 0.531. The van der Waals surface area contributed by atoms with Gasteiger partial charge in [-0.1, -0.05) is 0 Å². The largest absolute Gasteiger partial charge is 0.506 e. The second-order valence-corrected chi connectivity index (χ2v) is 1.94. The van der Waals surface area contributed by atoms with Gasteiger partial charge in [-0.3, -0.25) is 0 Å². The predicted octanol–water partition coefficient (Wildman–Crippen LogP) is 0.0676. The molecule has 0 aromatic carbocycles. The molecule has 58 valence electrons. The van der Waals surface area contributed by atoms with Crippen LogP contribution in [-0.2, 0) is 0 Å². The number of nitrogen functional groups attached to an aromatic ring is 1. The molecule has 0 unspecified atom stereocenters. The molecule has 0 saturated carbocycles. The second-order valence-electron chi connectivity index (χ2n) is 1.94. The van der Waals surface area contributed by atoms with E-state index in [-0.39, 0.29) is 17.1 Å². The summed E-state index contributed by atoms with van der Waals surface area (Å²) in [5.41, 5.74) is 4.93. The van der Waals surface area contributed by atoms with Crippen LogP contribution >= 0.6 is 0 Å². The Balaban J connectivity index is 3.20. The fourth-order valence-electron chi connectivity index (χ4n) is 0.649. The highest BCUT2D eigenvalue weighted by atomic mass is 16.4. The van der Waals surface area contributed by atoms with Gasteiger partial charge in [-0.05, 0) is 0 Å². The third-order valence-electron chi connectivity index (χ3n) is 1.11. The minimum atomic E-state index is -1.21. The number of hydrogen-bond donors (Lipinski definition) is 3. The van der Waals surface area contributed by atoms with Crippen LogP contribution in [0.3, 0.4) is 0 Å². The molecule has 0 amide bonds. The smallest absolute Gasteiger partial charge is 0.356 e. The lowest BCUT2D eigenvalue weighted by Gasteiger charge is -1.98. The summed E-state index contributed by atoms with van der Waals surface area (Å²) in [4.78, 5) is 13.7. The summed E-state index contributed by atoms with van der Waals surface area (Å²) in [7, 11) is 0. The minimum Gasteiger partial charge on any atom is -0.506 e. The summed E-state index contributed by atoms with van der Waals surface area (Å²) in [6, 6.07) is 1.14. The number of aromatic nitrogens is 1. The number of carboxylic acids is 1. The van der Waals surface area contributed by atoms with E-state index in [0.29, 0.717) is 0 Å². The van der Waals surface area contributed by atoms with E-state index in [2.05, 4.69) is 4.98 Å². The molecule has 5 heteroatoms. The molecular weight excluding hydrogens is 148 g/mol. The Labute approximate surface area is 62.1 Å². The molecule has 0 radical (unpaired) electrons. The molecule has 1 heterocycles. The van der Waals surface area contributed by atoms with Crippen molar-refractivity contribution in [3.05, 3.63) is 18.0 Å². The monoisotopic (exact) mass is 154 g/mol. The van der Waals surface area contributed by atoms with Crippen molar-refractivity contribution in [3.8, 4) is 5.75 Å². The Morgan fingerprint density at radius 1 is 1.64 bits per heavy atom. The summed E-state index contributed by atoms with van der Waals surface area (Å²) in [5.74, 6) is -1.35. The van der Waals surface area contributed by atoms with Crippen LogP contribution in [0.2, 0.25) is 0 Å². The molecule has 0 spiro atoms. The van der Waals surface area contributed by atoms with Gasteiger partial charge < -0.3 is 15.9 Å². The number of nitrogens with zero attached hydrogens (tertiary/aromatic N) is 1. The van der Waals surface area contributed by atoms with E-state index < -0.39 is 5.97 Å². The summed E-state index contributed by atoms with van der Waals surface area (Å²) >= 11 is 0. The third kappa shape index (κ3) is 1.37. The molecule has 5 nitrogen and oxygen atoms in total. The van der Waals surface area contributed by atoms with Crippen LogP contribution in [0, 0.1) is 0 Å². The zero-order chi connectivity index (χ0) is 8.43. The van der Waals surface area contributed by atoms with Gasteiger partial charge in [-0.15, -0.1) is 0 Å². The first-order valence-electron chi connectivity index (χ1n) is 2.79. The molecule has 0 aliphatic rings. The maximum absolute atomic E-state index is 10.3. The fourth-order valence-corrected chi connectivity index (χ4v) is 0.649. The van der Waals surface area contributed by atoms with Crippen molar-refractivity contribution in [3.63, 3.8) is 0 Å². The maximum Gasteiger partial charge on any atom is 0.356 e. The molecule has 0 aliphatic carbocycles. The lowest BCUT2D eigenvalue weighted by atomic mass is 10.3. The first-order chi connectivity index (χ1) is 5.11. The topological polar surface area (TPSA) is 96.4 Å². The van der Waals surface area contributed by atoms with Gasteiger partial charge in [0.2, 0.25) is 0 Å². The molecule has 4 N–H and O–H groups in total. The van der Waals surface area contributed by atoms with E-state index in [9.17, 15) is 4.79 Å². The molecule has 0 aliphatic heterocycles. The van der Waals surface area contributed by atoms with Crippen molar-refractivity contribution < 1.29 is 15.0 Å². The van der Waals surface area contributed by atoms with Crippen LogP contribution in [-0.4, -0.2) is 21.2 Å². The molecule has 11 heavy (non-hydrogen) atoms. The number of nitrogens with two attached hydrogens (primary N) is 1. The highest BCUT2D eigenvalue weighted by molar-refractivity contribution is 5.91. The van der Waals surface area contributed by atoms with Crippen LogP contribution in [0.4, 0.5) is 5.69 Å². The predicted molar refractivity (Wildman–Crippen MR) is 37.3 cm³/mol. The van der Waals surface area contributed by atoms with Gasteiger partial charge in [0.15, 0.2) is 5.69 Å². The molecule has 1 rings (SSSR count). The Bertz CT molecular complexity index is 298. The van der Waals surface area contributed by atoms with Crippen molar-refractivity contribution in [2.75, 3.05) is 5.73 Å². The van der Waals surface area contributed by atoms with E-state index in [1.54, 1.807) is 0 Å². The van der Waals surface area contributed by atoms with Gasteiger partial charge in [0.25, 0.3) is 0 Å². The molecule has 0 fully saturated rings. The van der Waals surface area contributed by atoms with E-state index in [4.69, 9.17) is 15.9 Å². The first kappa shape index (κ1) is 7.33. The third-order valence-corrected chi connectivity index (χ3v) is 1.11. The molecule has 1 aromatic heterocycles. The average molecular weight is 154 g/mol. The van der Waals surface area contributed by atoms with Gasteiger partial charge in [-0.25, -0.2) is 9.78 Å². The summed E-state index contributed by atoms with van der Waals surface area (Å²) in [6.07, 6.45) is 1.03. The van der Waals surface area contributed by atoms with Crippen molar-refractivity contribution in [2.24, 2.45) is 0 Å². The number of pyridine rings is 1. The van der Waals surface area contributed by atoms with E-state index >= 15 is 0 Å². The zero-order valence-electron chi connectivity index (χ0n) is 5.48. The first-order valence-corrected chi connectivity index (χ1v) is 2.79. The number of carboxylic acid groups (broad SMARTS) is 1. The average Bonchev–Trinajstić information content (AvgIpc) is 1.85. The van der Waals surface area contributed by atoms with Gasteiger partial charge in [-0.2, -0.15) is 0 Å². The number of aromatic carboxylic acids is 1. The Kier molecular flexibility index (Phi) is 1.63. The van der Waals surface area contributed by atoms with Crippen LogP contribution in [0.5, 0.6) is 5.75 Å². The van der Waals surface area contributed by atoms with E-state index in [0.717, 1.165) is 12.3 Å². The number of rotatable bonds is 1. The van der Waals surface area contributed by atoms with Gasteiger partial charge in [0, 0.05) is 6.07 Å². The lowest BCUT2D eigenvalue weighted by Crippen LogP contribution is -2.04. The summed E-state index contributed by atoms with van der Waals surface area (Å²) in [6.45, 7) is 0. The SMILES string of the molecule is Nc1cc(O)cnc1C(=O)O. The van der Waals surface area contributed by atoms with Crippen molar-refractivity contribution in [1.82, 2.24) is 4.98 Å². The van der Waals surface area contributed by atoms with Crippen LogP contribution in [0.1, 0.15) is 10.5 Å². The maximum atomic E-state index is 10.3. The molecule has 1 aromatic rings. The van der Waals surface area contributed by atoms with Crippen molar-refractivity contribution in [2.45, 2.75) is 0 Å². The van der Waals surface area contributed by atoms with E-state index in [1.807, 2.05) is 0 Å². The zero-order valence-corrected chi connectivity index (χ0v) is 5.48. The fraction of sp³-hybridized carbons (Fsp3) is 0. The van der Waals surface area contributed by atoms with Gasteiger partial charge in [0.1, 0.15) is 5.75 Å². The summed E-state index contributed by atoms with van der Waals surface area (Å²) in [5, 5.41) is 17.2. The molecule has 0 atom stereocenters. The summed E-state index contributed by atoms with van der Waals surface area (Å²) < 4.78 is 0. The van der Waals surface area contributed by atoms with Crippen LogP contribution in [0.25, 0.3) is 0 Å². The second kappa shape index (κ2) is 2.45. The number of anilines is 1. The standard InChI is InChI=1S/C6H6N2O3/c7-4-1-3(9)2-8-5(4)6(10)11/h1-2,9H,7H2,(H,10,11). The number of carbonyl (C=O) groups is 1. The van der Waals surface area contributed by atoms with Crippen LogP contribution in [0.15, 0.2) is 12.3 Å². The molecule has 0 bridgehead atoms. The normalized spacial score (nSPS) is 9.45. The Morgan fingerprint density at radius 2 is 2.27 bits per heavy atom. The van der Waals surface area contributed by atoms with Crippen LogP contribution < -0.4 is 5.73 Å². The lowest BCUT2D eigenvalue weighted by molar-refractivity contribution is 0.0692. The van der Waals surface area contributed by atoms with Crippen molar-refractivity contribution >= 4 is 11.7 Å². The minimum absolute atomic E-state index is 0.0440. The number of hydrogen-bond acceptors (Lipinski definition) is 4. The highest BCUT2D eigenvalue weighted by Crippen LogP contribution is 2.14. The Hall–Kier alpha value is -1.78. The van der Waals surface area contributed by atoms with Gasteiger partial charge >= 0.3 is 5.97 Å². The molecule has 0 saturated heterocycles. The number of aromatic hydroxyl groups is 1. The molecular formula is C6H6N2O3. The van der Waals surface area contributed by atoms with E-state index in [1.165, 1.54) is 0 Å². The van der Waals surface area contributed by atoms with Gasteiger partial charge in [0.05, 0.1) is 11.9 Å². The Morgan fingerprint density at radius 3 is 2.73 bits per heavy atom.